The highest BCUT2D eigenvalue weighted by molar-refractivity contribution is 5.13. The average molecular weight is 135 g/mol. The molecule has 0 atom stereocenters. The van der Waals surface area contributed by atoms with Crippen LogP contribution in [0.3, 0.4) is 0 Å². The van der Waals surface area contributed by atoms with Gasteiger partial charge in [0, 0.05) is 6.08 Å². The van der Waals surface area contributed by atoms with Crippen LogP contribution in [0.2, 0.25) is 0 Å². The fourth-order valence-corrected chi connectivity index (χ4v) is 0.443. The summed E-state index contributed by atoms with van der Waals surface area (Å²) in [5, 5.41) is 8.12. The molecule has 0 radical (unpaired) electrons. The van der Waals surface area contributed by atoms with Gasteiger partial charge in [0.1, 0.15) is 0 Å². The Morgan fingerprint density at radius 1 is 1.20 bits per heavy atom. The van der Waals surface area contributed by atoms with Crippen molar-refractivity contribution in [2.24, 2.45) is 5.41 Å². The number of nitriles is 1. The highest BCUT2D eigenvalue weighted by atomic mass is 14.2. The van der Waals surface area contributed by atoms with Crippen LogP contribution >= 0.6 is 0 Å². The van der Waals surface area contributed by atoms with Crippen LogP contribution in [0, 0.1) is 16.7 Å². The predicted molar refractivity (Wildman–Crippen MR) is 43.3 cm³/mol. The summed E-state index contributed by atoms with van der Waals surface area (Å²) in [6.07, 6.45) is 7.15. The third-order valence-corrected chi connectivity index (χ3v) is 0.878. The van der Waals surface area contributed by atoms with Gasteiger partial charge >= 0.3 is 0 Å². The lowest BCUT2D eigenvalue weighted by molar-refractivity contribution is 0.544. The van der Waals surface area contributed by atoms with Crippen molar-refractivity contribution in [1.29, 1.82) is 5.26 Å². The zero-order valence-electron chi connectivity index (χ0n) is 6.76. The van der Waals surface area contributed by atoms with E-state index in [2.05, 4.69) is 26.8 Å². The second-order valence-corrected chi connectivity index (χ2v) is 3.21. The fourth-order valence-electron chi connectivity index (χ4n) is 0.443. The monoisotopic (exact) mass is 135 g/mol. The van der Waals surface area contributed by atoms with E-state index in [1.807, 2.05) is 12.1 Å². The Balaban J connectivity index is 3.81. The van der Waals surface area contributed by atoms with E-state index in [9.17, 15) is 0 Å². The minimum Gasteiger partial charge on any atom is -0.193 e. The highest BCUT2D eigenvalue weighted by Crippen LogP contribution is 2.13. The molecule has 0 spiro atoms. The number of hydrogen-bond acceptors (Lipinski definition) is 1. The van der Waals surface area contributed by atoms with Crippen LogP contribution in [0.15, 0.2) is 24.3 Å². The summed E-state index contributed by atoms with van der Waals surface area (Å²) < 4.78 is 0. The summed E-state index contributed by atoms with van der Waals surface area (Å²) in [5.74, 6) is 0. The van der Waals surface area contributed by atoms with E-state index in [4.69, 9.17) is 5.26 Å². The van der Waals surface area contributed by atoms with Gasteiger partial charge < -0.3 is 0 Å². The van der Waals surface area contributed by atoms with Crippen LogP contribution in [-0.2, 0) is 0 Å². The second-order valence-electron chi connectivity index (χ2n) is 3.21. The Hall–Kier alpha value is -1.03. The minimum absolute atomic E-state index is 0.208. The largest absolute Gasteiger partial charge is 0.193 e. The van der Waals surface area contributed by atoms with E-state index >= 15 is 0 Å². The van der Waals surface area contributed by atoms with Gasteiger partial charge in [-0.15, -0.1) is 0 Å². The molecule has 0 aromatic carbocycles. The molecule has 1 nitrogen and oxygen atoms in total. The Morgan fingerprint density at radius 3 is 2.20 bits per heavy atom. The van der Waals surface area contributed by atoms with Crippen molar-refractivity contribution in [2.75, 3.05) is 0 Å². The normalized spacial score (nSPS) is 12.6. The van der Waals surface area contributed by atoms with E-state index in [-0.39, 0.29) is 5.41 Å². The van der Waals surface area contributed by atoms with Crippen molar-refractivity contribution in [3.05, 3.63) is 24.3 Å². The Morgan fingerprint density at radius 2 is 1.80 bits per heavy atom. The molecule has 0 N–H and O–H groups in total. The maximum atomic E-state index is 8.12. The average Bonchev–Trinajstić information content (AvgIpc) is 1.78. The molecule has 0 aliphatic carbocycles. The molecule has 0 aliphatic rings. The van der Waals surface area contributed by atoms with Crippen molar-refractivity contribution in [2.45, 2.75) is 20.8 Å². The summed E-state index contributed by atoms with van der Waals surface area (Å²) >= 11 is 0. The van der Waals surface area contributed by atoms with Crippen LogP contribution < -0.4 is 0 Å². The van der Waals surface area contributed by atoms with E-state index in [0.717, 1.165) is 0 Å². The molecule has 54 valence electrons. The Kier molecular flexibility index (Phi) is 3.49. The van der Waals surface area contributed by atoms with Gasteiger partial charge in [-0.3, -0.25) is 0 Å². The molecule has 1 heteroatoms. The van der Waals surface area contributed by atoms with Crippen molar-refractivity contribution >= 4 is 0 Å². The van der Waals surface area contributed by atoms with Crippen molar-refractivity contribution in [1.82, 2.24) is 0 Å². The standard InChI is InChI=1S/C9H13N/c1-9(2,3)7-5-4-6-8-10/h4-7H,1-3H3/b6-4+,7-5+. The maximum absolute atomic E-state index is 8.12. The van der Waals surface area contributed by atoms with Gasteiger partial charge in [0.05, 0.1) is 6.07 Å². The molecule has 0 amide bonds. The zero-order chi connectivity index (χ0) is 8.04. The zero-order valence-corrected chi connectivity index (χ0v) is 6.76. The molecule has 0 saturated heterocycles. The lowest BCUT2D eigenvalue weighted by Gasteiger charge is -2.09. The first kappa shape index (κ1) is 8.97. The Bertz CT molecular complexity index is 174. The van der Waals surface area contributed by atoms with Gasteiger partial charge in [0.25, 0.3) is 0 Å². The first-order valence-corrected chi connectivity index (χ1v) is 3.30. The second kappa shape index (κ2) is 3.90. The number of rotatable bonds is 1. The lowest BCUT2D eigenvalue weighted by Crippen LogP contribution is -1.97. The summed E-state index contributed by atoms with van der Waals surface area (Å²) in [4.78, 5) is 0. The molecule has 0 unspecified atom stereocenters. The molecule has 0 rings (SSSR count). The molecular formula is C9H13N. The van der Waals surface area contributed by atoms with E-state index < -0.39 is 0 Å². The van der Waals surface area contributed by atoms with Gasteiger partial charge in [-0.25, -0.2) is 0 Å². The van der Waals surface area contributed by atoms with Gasteiger partial charge in [-0.2, -0.15) is 5.26 Å². The van der Waals surface area contributed by atoms with Gasteiger partial charge in [-0.05, 0) is 5.41 Å². The van der Waals surface area contributed by atoms with E-state index in [0.29, 0.717) is 0 Å². The SMILES string of the molecule is CC(C)(C)/C=C/C=C/C#N. The molecular weight excluding hydrogens is 122 g/mol. The fraction of sp³-hybridized carbons (Fsp3) is 0.444. The summed E-state index contributed by atoms with van der Waals surface area (Å²) in [5.41, 5.74) is 0.208. The van der Waals surface area contributed by atoms with E-state index in [1.54, 1.807) is 6.08 Å². The molecule has 0 aromatic rings. The van der Waals surface area contributed by atoms with Crippen LogP contribution in [0.4, 0.5) is 0 Å². The molecule has 0 aromatic heterocycles. The highest BCUT2D eigenvalue weighted by Gasteiger charge is 2.01. The molecule has 0 saturated carbocycles. The first-order chi connectivity index (χ1) is 4.56. The third-order valence-electron chi connectivity index (χ3n) is 0.878. The first-order valence-electron chi connectivity index (χ1n) is 3.30. The van der Waals surface area contributed by atoms with Gasteiger partial charge in [-0.1, -0.05) is 39.0 Å². The summed E-state index contributed by atoms with van der Waals surface area (Å²) in [7, 11) is 0. The van der Waals surface area contributed by atoms with Crippen LogP contribution in [-0.4, -0.2) is 0 Å². The number of hydrogen-bond donors (Lipinski definition) is 0. The van der Waals surface area contributed by atoms with Crippen molar-refractivity contribution < 1.29 is 0 Å². The quantitative estimate of drug-likeness (QED) is 0.400. The lowest BCUT2D eigenvalue weighted by atomic mass is 9.96. The minimum atomic E-state index is 0.208. The predicted octanol–water partition coefficient (Wildman–Crippen LogP) is 2.67. The smallest absolute Gasteiger partial charge is 0.0912 e. The van der Waals surface area contributed by atoms with Crippen molar-refractivity contribution in [3.63, 3.8) is 0 Å². The van der Waals surface area contributed by atoms with Crippen molar-refractivity contribution in [3.8, 4) is 6.07 Å². The van der Waals surface area contributed by atoms with Gasteiger partial charge in [0.15, 0.2) is 0 Å². The van der Waals surface area contributed by atoms with Crippen LogP contribution in [0.25, 0.3) is 0 Å². The molecule has 10 heavy (non-hydrogen) atoms. The Labute approximate surface area is 62.7 Å². The molecule has 0 heterocycles. The number of allylic oxidation sites excluding steroid dienone is 4. The molecule has 0 bridgehead atoms. The van der Waals surface area contributed by atoms with Crippen LogP contribution in [0.1, 0.15) is 20.8 Å². The summed E-state index contributed by atoms with van der Waals surface area (Å²) in [6, 6.07) is 1.92. The number of nitrogens with zero attached hydrogens (tertiary/aromatic N) is 1. The molecule has 0 aliphatic heterocycles. The van der Waals surface area contributed by atoms with Crippen LogP contribution in [0.5, 0.6) is 0 Å². The van der Waals surface area contributed by atoms with Gasteiger partial charge in [0.2, 0.25) is 0 Å². The summed E-state index contributed by atoms with van der Waals surface area (Å²) in [6.45, 7) is 6.34. The maximum Gasteiger partial charge on any atom is 0.0912 e. The topological polar surface area (TPSA) is 23.8 Å². The third kappa shape index (κ3) is 6.97. The molecule has 0 fully saturated rings. The van der Waals surface area contributed by atoms with E-state index in [1.165, 1.54) is 6.08 Å².